The van der Waals surface area contributed by atoms with Crippen LogP contribution in [0.1, 0.15) is 43.4 Å². The van der Waals surface area contributed by atoms with Crippen LogP contribution in [0.4, 0.5) is 0 Å². The standard InChI is InChI=1S/C23H28ClN3O2/c1-3-29-21-6-4-5-18(22(21)28)20-15-19(16-7-9-17(24)10-8-16)25-23(26-20)11-13-27(2)14-12-23/h4-10,20,26,28H,3,11-15H2,1-2H3/t20-/m1/s1. The van der Waals surface area contributed by atoms with E-state index in [4.69, 9.17) is 21.3 Å². The Morgan fingerprint density at radius 2 is 1.93 bits per heavy atom. The van der Waals surface area contributed by atoms with Crippen LogP contribution in [0.5, 0.6) is 11.5 Å². The average Bonchev–Trinajstić information content (AvgIpc) is 2.72. The monoisotopic (exact) mass is 413 g/mol. The van der Waals surface area contributed by atoms with E-state index in [1.165, 1.54) is 0 Å². The summed E-state index contributed by atoms with van der Waals surface area (Å²) < 4.78 is 5.61. The van der Waals surface area contributed by atoms with Crippen molar-refractivity contribution >= 4 is 17.3 Å². The Bertz CT molecular complexity index is 889. The Labute approximate surface area is 177 Å². The third-order valence-electron chi connectivity index (χ3n) is 5.89. The fraction of sp³-hybridized carbons (Fsp3) is 0.435. The molecule has 1 atom stereocenters. The second-order valence-corrected chi connectivity index (χ2v) is 8.36. The third kappa shape index (κ3) is 4.27. The van der Waals surface area contributed by atoms with Crippen molar-refractivity contribution in [2.75, 3.05) is 26.7 Å². The molecule has 0 saturated carbocycles. The Hall–Kier alpha value is -2.08. The Morgan fingerprint density at radius 1 is 1.21 bits per heavy atom. The Balaban J connectivity index is 1.72. The summed E-state index contributed by atoms with van der Waals surface area (Å²) in [5.74, 6) is 0.743. The summed E-state index contributed by atoms with van der Waals surface area (Å²) >= 11 is 6.10. The molecular weight excluding hydrogens is 386 g/mol. The van der Waals surface area contributed by atoms with Crippen LogP contribution in [0.25, 0.3) is 0 Å². The van der Waals surface area contributed by atoms with E-state index in [9.17, 15) is 5.11 Å². The molecule has 2 heterocycles. The van der Waals surface area contributed by atoms with Gasteiger partial charge in [0.05, 0.1) is 6.61 Å². The number of nitrogens with one attached hydrogen (secondary N) is 1. The zero-order valence-electron chi connectivity index (χ0n) is 17.0. The van der Waals surface area contributed by atoms with Crippen molar-refractivity contribution in [2.24, 2.45) is 4.99 Å². The number of phenols is 1. The highest BCUT2D eigenvalue weighted by atomic mass is 35.5. The van der Waals surface area contributed by atoms with Crippen molar-refractivity contribution in [1.82, 2.24) is 10.2 Å². The van der Waals surface area contributed by atoms with Gasteiger partial charge in [-0.1, -0.05) is 35.9 Å². The highest BCUT2D eigenvalue weighted by molar-refractivity contribution is 6.30. The largest absolute Gasteiger partial charge is 0.504 e. The van der Waals surface area contributed by atoms with Gasteiger partial charge >= 0.3 is 0 Å². The second kappa shape index (κ2) is 8.34. The number of piperidine rings is 1. The number of aromatic hydroxyl groups is 1. The molecule has 2 aliphatic rings. The average molecular weight is 414 g/mol. The minimum absolute atomic E-state index is 0.0398. The minimum Gasteiger partial charge on any atom is -0.504 e. The van der Waals surface area contributed by atoms with Crippen LogP contribution in [0, 0.1) is 0 Å². The van der Waals surface area contributed by atoms with E-state index in [1.54, 1.807) is 0 Å². The van der Waals surface area contributed by atoms with Gasteiger partial charge in [0.1, 0.15) is 5.66 Å². The maximum Gasteiger partial charge on any atom is 0.162 e. The molecule has 0 amide bonds. The van der Waals surface area contributed by atoms with E-state index in [-0.39, 0.29) is 17.5 Å². The molecule has 0 unspecified atom stereocenters. The van der Waals surface area contributed by atoms with E-state index >= 15 is 0 Å². The molecule has 4 rings (SSSR count). The Kier molecular flexibility index (Phi) is 5.81. The minimum atomic E-state index is -0.321. The number of benzene rings is 2. The summed E-state index contributed by atoms with van der Waals surface area (Å²) in [6, 6.07) is 13.6. The second-order valence-electron chi connectivity index (χ2n) is 7.93. The molecule has 154 valence electrons. The van der Waals surface area contributed by atoms with E-state index in [0.29, 0.717) is 18.8 Å². The predicted molar refractivity (Wildman–Crippen MR) is 117 cm³/mol. The van der Waals surface area contributed by atoms with Crippen LogP contribution in [0.15, 0.2) is 47.5 Å². The molecule has 6 heteroatoms. The van der Waals surface area contributed by atoms with Gasteiger partial charge in [-0.05, 0) is 50.6 Å². The predicted octanol–water partition coefficient (Wildman–Crippen LogP) is 4.39. The van der Waals surface area contributed by atoms with Crippen LogP contribution < -0.4 is 10.1 Å². The first-order chi connectivity index (χ1) is 14.0. The molecule has 2 aromatic rings. The summed E-state index contributed by atoms with van der Waals surface area (Å²) in [5, 5.41) is 15.4. The molecule has 0 aliphatic carbocycles. The number of aliphatic imine (C=N–C) groups is 1. The lowest BCUT2D eigenvalue weighted by molar-refractivity contribution is 0.144. The zero-order valence-corrected chi connectivity index (χ0v) is 17.7. The number of phenolic OH excluding ortho intramolecular Hbond substituents is 1. The lowest BCUT2D eigenvalue weighted by Gasteiger charge is -2.44. The molecule has 1 spiro atoms. The smallest absolute Gasteiger partial charge is 0.162 e. The van der Waals surface area contributed by atoms with Gasteiger partial charge in [-0.3, -0.25) is 10.3 Å². The molecule has 2 N–H and O–H groups in total. The number of para-hydroxylation sites is 1. The van der Waals surface area contributed by atoms with Crippen molar-refractivity contribution in [3.8, 4) is 11.5 Å². The van der Waals surface area contributed by atoms with Gasteiger partial charge in [-0.2, -0.15) is 0 Å². The van der Waals surface area contributed by atoms with E-state index < -0.39 is 0 Å². The number of nitrogens with zero attached hydrogens (tertiary/aromatic N) is 2. The first kappa shape index (κ1) is 20.2. The summed E-state index contributed by atoms with van der Waals surface area (Å²) in [6.07, 6.45) is 2.56. The molecule has 1 saturated heterocycles. The van der Waals surface area contributed by atoms with Gasteiger partial charge in [0.25, 0.3) is 0 Å². The molecule has 2 aromatic carbocycles. The van der Waals surface area contributed by atoms with Crippen LogP contribution >= 0.6 is 11.6 Å². The number of ether oxygens (including phenoxy) is 1. The first-order valence-electron chi connectivity index (χ1n) is 10.3. The van der Waals surface area contributed by atoms with Crippen LogP contribution in [0.2, 0.25) is 5.02 Å². The van der Waals surface area contributed by atoms with E-state index in [0.717, 1.165) is 47.8 Å². The van der Waals surface area contributed by atoms with Crippen molar-refractivity contribution in [3.63, 3.8) is 0 Å². The summed E-state index contributed by atoms with van der Waals surface area (Å²) in [4.78, 5) is 7.53. The summed E-state index contributed by atoms with van der Waals surface area (Å²) in [7, 11) is 2.15. The van der Waals surface area contributed by atoms with Gasteiger partial charge in [0.2, 0.25) is 0 Å². The van der Waals surface area contributed by atoms with Gasteiger partial charge in [0, 0.05) is 41.8 Å². The number of likely N-dealkylation sites (tertiary alicyclic amines) is 1. The molecule has 0 aromatic heterocycles. The first-order valence-corrected chi connectivity index (χ1v) is 10.6. The van der Waals surface area contributed by atoms with Crippen molar-refractivity contribution < 1.29 is 9.84 Å². The summed E-state index contributed by atoms with van der Waals surface area (Å²) in [5.41, 5.74) is 2.67. The van der Waals surface area contributed by atoms with Gasteiger partial charge in [-0.25, -0.2) is 0 Å². The molecule has 29 heavy (non-hydrogen) atoms. The van der Waals surface area contributed by atoms with Crippen molar-refractivity contribution in [2.45, 2.75) is 37.9 Å². The van der Waals surface area contributed by atoms with Gasteiger partial charge in [0.15, 0.2) is 11.5 Å². The van der Waals surface area contributed by atoms with Crippen LogP contribution in [-0.4, -0.2) is 48.1 Å². The topological polar surface area (TPSA) is 57.1 Å². The fourth-order valence-electron chi connectivity index (χ4n) is 4.25. The Morgan fingerprint density at radius 3 is 2.62 bits per heavy atom. The quantitative estimate of drug-likeness (QED) is 0.780. The number of halogens is 1. The maximum atomic E-state index is 10.9. The van der Waals surface area contributed by atoms with Crippen LogP contribution in [-0.2, 0) is 0 Å². The van der Waals surface area contributed by atoms with Gasteiger partial charge < -0.3 is 14.7 Å². The molecular formula is C23H28ClN3O2. The van der Waals surface area contributed by atoms with Crippen molar-refractivity contribution in [1.29, 1.82) is 0 Å². The molecule has 1 fully saturated rings. The van der Waals surface area contributed by atoms with Crippen LogP contribution in [0.3, 0.4) is 0 Å². The van der Waals surface area contributed by atoms with E-state index in [1.807, 2.05) is 49.4 Å². The lowest BCUT2D eigenvalue weighted by Crippen LogP contribution is -2.55. The van der Waals surface area contributed by atoms with E-state index in [2.05, 4.69) is 17.3 Å². The van der Waals surface area contributed by atoms with Gasteiger partial charge in [-0.15, -0.1) is 0 Å². The molecule has 2 aliphatic heterocycles. The third-order valence-corrected chi connectivity index (χ3v) is 6.14. The maximum absolute atomic E-state index is 10.9. The lowest BCUT2D eigenvalue weighted by atomic mass is 9.87. The van der Waals surface area contributed by atoms with Crippen molar-refractivity contribution in [3.05, 3.63) is 58.6 Å². The fourth-order valence-corrected chi connectivity index (χ4v) is 4.38. The molecule has 5 nitrogen and oxygen atoms in total. The number of rotatable bonds is 4. The summed E-state index contributed by atoms with van der Waals surface area (Å²) in [6.45, 7) is 4.41. The zero-order chi connectivity index (χ0) is 20.4. The number of hydrogen-bond acceptors (Lipinski definition) is 5. The SMILES string of the molecule is CCOc1cccc([C@H]2CC(c3ccc(Cl)cc3)=NC3(CCN(C)CC3)N2)c1O. The molecule has 0 radical (unpaired) electrons. The number of hydrogen-bond donors (Lipinski definition) is 2. The molecule has 0 bridgehead atoms. The normalized spacial score (nSPS) is 21.8. The highest BCUT2D eigenvalue weighted by Crippen LogP contribution is 2.40. The highest BCUT2D eigenvalue weighted by Gasteiger charge is 2.40.